The van der Waals surface area contributed by atoms with Gasteiger partial charge in [-0.15, -0.1) is 0 Å². The number of esters is 1. The minimum absolute atomic E-state index is 0.0104. The minimum atomic E-state index is -0.178. The lowest BCUT2D eigenvalue weighted by Crippen LogP contribution is -2.36. The van der Waals surface area contributed by atoms with Crippen LogP contribution in [-0.4, -0.2) is 13.1 Å². The summed E-state index contributed by atoms with van der Waals surface area (Å²) in [6.07, 6.45) is 8.70. The molecule has 0 amide bonds. The molecule has 2 aliphatic rings. The summed E-state index contributed by atoms with van der Waals surface area (Å²) in [5.74, 6) is 1.08. The Morgan fingerprint density at radius 2 is 2.36 bits per heavy atom. The van der Waals surface area contributed by atoms with E-state index < -0.39 is 0 Å². The van der Waals surface area contributed by atoms with E-state index in [1.165, 1.54) is 7.11 Å². The summed E-state index contributed by atoms with van der Waals surface area (Å²) < 4.78 is 4.97. The molecule has 0 radical (unpaired) electrons. The SMILES string of the molecule is CCCC1(C(=O)OC)CC2C=CC1C2. The van der Waals surface area contributed by atoms with Crippen molar-refractivity contribution in [1.29, 1.82) is 0 Å². The second kappa shape index (κ2) is 3.41. The Morgan fingerprint density at radius 3 is 2.79 bits per heavy atom. The molecule has 3 atom stereocenters. The number of rotatable bonds is 3. The van der Waals surface area contributed by atoms with Crippen molar-refractivity contribution < 1.29 is 9.53 Å². The Morgan fingerprint density at radius 1 is 1.57 bits per heavy atom. The highest BCUT2D eigenvalue weighted by molar-refractivity contribution is 5.78. The van der Waals surface area contributed by atoms with Crippen molar-refractivity contribution in [3.63, 3.8) is 0 Å². The summed E-state index contributed by atoms with van der Waals surface area (Å²) >= 11 is 0. The predicted octanol–water partition coefficient (Wildman–Crippen LogP) is 2.54. The fourth-order valence-corrected chi connectivity index (χ4v) is 3.23. The second-order valence-electron chi connectivity index (χ2n) is 4.59. The first-order chi connectivity index (χ1) is 6.73. The molecule has 0 aromatic carbocycles. The third kappa shape index (κ3) is 1.20. The van der Waals surface area contributed by atoms with E-state index in [1.54, 1.807) is 0 Å². The molecule has 2 heteroatoms. The van der Waals surface area contributed by atoms with E-state index in [1.807, 2.05) is 0 Å². The van der Waals surface area contributed by atoms with Gasteiger partial charge in [-0.05, 0) is 31.1 Å². The van der Waals surface area contributed by atoms with Crippen LogP contribution in [0, 0.1) is 17.3 Å². The number of carbonyl (C=O) groups is 1. The zero-order chi connectivity index (χ0) is 10.2. The van der Waals surface area contributed by atoms with E-state index >= 15 is 0 Å². The van der Waals surface area contributed by atoms with Crippen molar-refractivity contribution in [2.75, 3.05) is 7.11 Å². The Kier molecular flexibility index (Phi) is 2.38. The van der Waals surface area contributed by atoms with Crippen molar-refractivity contribution in [2.24, 2.45) is 17.3 Å². The van der Waals surface area contributed by atoms with Gasteiger partial charge in [-0.3, -0.25) is 4.79 Å². The van der Waals surface area contributed by atoms with Crippen LogP contribution in [0.2, 0.25) is 0 Å². The highest BCUT2D eigenvalue weighted by Gasteiger charge is 2.53. The van der Waals surface area contributed by atoms with Crippen molar-refractivity contribution in [2.45, 2.75) is 32.6 Å². The largest absolute Gasteiger partial charge is 0.469 e. The van der Waals surface area contributed by atoms with Gasteiger partial charge >= 0.3 is 5.97 Å². The van der Waals surface area contributed by atoms with Gasteiger partial charge in [-0.1, -0.05) is 25.5 Å². The zero-order valence-corrected chi connectivity index (χ0v) is 8.95. The van der Waals surface area contributed by atoms with Crippen LogP contribution >= 0.6 is 0 Å². The van der Waals surface area contributed by atoms with Crippen molar-refractivity contribution in [3.8, 4) is 0 Å². The Labute approximate surface area is 85.3 Å². The first kappa shape index (κ1) is 9.75. The maximum absolute atomic E-state index is 11.9. The Bertz CT molecular complexity index is 269. The summed E-state index contributed by atoms with van der Waals surface area (Å²) in [6.45, 7) is 2.14. The molecule has 0 heterocycles. The fourth-order valence-electron chi connectivity index (χ4n) is 3.23. The van der Waals surface area contributed by atoms with E-state index in [0.717, 1.165) is 25.7 Å². The van der Waals surface area contributed by atoms with Gasteiger partial charge in [0.2, 0.25) is 0 Å². The maximum atomic E-state index is 11.9. The van der Waals surface area contributed by atoms with E-state index in [0.29, 0.717) is 11.8 Å². The topological polar surface area (TPSA) is 26.3 Å². The molecule has 0 spiro atoms. The monoisotopic (exact) mass is 194 g/mol. The van der Waals surface area contributed by atoms with Gasteiger partial charge in [-0.2, -0.15) is 0 Å². The lowest BCUT2D eigenvalue weighted by atomic mass is 9.72. The molecule has 78 valence electrons. The van der Waals surface area contributed by atoms with E-state index in [2.05, 4.69) is 19.1 Å². The van der Waals surface area contributed by atoms with Crippen LogP contribution in [-0.2, 0) is 9.53 Å². The maximum Gasteiger partial charge on any atom is 0.312 e. The lowest BCUT2D eigenvalue weighted by Gasteiger charge is -2.32. The van der Waals surface area contributed by atoms with Crippen LogP contribution in [0.5, 0.6) is 0 Å². The summed E-state index contributed by atoms with van der Waals surface area (Å²) in [5, 5.41) is 0. The van der Waals surface area contributed by atoms with Gasteiger partial charge < -0.3 is 4.74 Å². The van der Waals surface area contributed by atoms with Crippen LogP contribution < -0.4 is 0 Å². The normalized spacial score (nSPS) is 39.0. The molecular weight excluding hydrogens is 176 g/mol. The van der Waals surface area contributed by atoms with Gasteiger partial charge in [0.25, 0.3) is 0 Å². The summed E-state index contributed by atoms with van der Waals surface area (Å²) in [4.78, 5) is 11.9. The summed E-state index contributed by atoms with van der Waals surface area (Å²) in [7, 11) is 1.51. The second-order valence-corrected chi connectivity index (χ2v) is 4.59. The highest BCUT2D eigenvalue weighted by atomic mass is 16.5. The predicted molar refractivity (Wildman–Crippen MR) is 54.7 cm³/mol. The molecule has 2 bridgehead atoms. The Balaban J connectivity index is 2.24. The van der Waals surface area contributed by atoms with Crippen molar-refractivity contribution >= 4 is 5.97 Å². The molecule has 0 aliphatic heterocycles. The van der Waals surface area contributed by atoms with Crippen LogP contribution in [0.25, 0.3) is 0 Å². The average molecular weight is 194 g/mol. The van der Waals surface area contributed by atoms with Gasteiger partial charge in [0.1, 0.15) is 0 Å². The molecule has 0 aromatic rings. The number of allylic oxidation sites excluding steroid dienone is 2. The van der Waals surface area contributed by atoms with E-state index in [-0.39, 0.29) is 11.4 Å². The number of ether oxygens (including phenoxy) is 1. The van der Waals surface area contributed by atoms with Crippen LogP contribution in [0.15, 0.2) is 12.2 Å². The quantitative estimate of drug-likeness (QED) is 0.510. The molecule has 0 N–H and O–H groups in total. The third-order valence-corrected chi connectivity index (χ3v) is 3.80. The molecule has 2 aliphatic carbocycles. The molecule has 0 aromatic heterocycles. The zero-order valence-electron chi connectivity index (χ0n) is 8.95. The van der Waals surface area contributed by atoms with Gasteiger partial charge in [0.05, 0.1) is 12.5 Å². The number of fused-ring (bicyclic) bond motifs is 2. The standard InChI is InChI=1S/C12H18O2/c1-3-6-12(11(13)14-2)8-9-4-5-10(12)7-9/h4-5,9-10H,3,6-8H2,1-2H3. The molecule has 0 saturated heterocycles. The van der Waals surface area contributed by atoms with Crippen LogP contribution in [0.4, 0.5) is 0 Å². The molecule has 2 rings (SSSR count). The lowest BCUT2D eigenvalue weighted by molar-refractivity contribution is -0.155. The fraction of sp³-hybridized carbons (Fsp3) is 0.750. The smallest absolute Gasteiger partial charge is 0.312 e. The van der Waals surface area contributed by atoms with E-state index in [9.17, 15) is 4.79 Å². The van der Waals surface area contributed by atoms with Crippen molar-refractivity contribution in [1.82, 2.24) is 0 Å². The van der Waals surface area contributed by atoms with Gasteiger partial charge in [0.15, 0.2) is 0 Å². The first-order valence-corrected chi connectivity index (χ1v) is 5.49. The third-order valence-electron chi connectivity index (χ3n) is 3.80. The molecule has 1 fully saturated rings. The number of hydrogen-bond donors (Lipinski definition) is 0. The van der Waals surface area contributed by atoms with Crippen LogP contribution in [0.3, 0.4) is 0 Å². The van der Waals surface area contributed by atoms with Crippen LogP contribution in [0.1, 0.15) is 32.6 Å². The summed E-state index contributed by atoms with van der Waals surface area (Å²) in [6, 6.07) is 0. The molecule has 1 saturated carbocycles. The molecule has 2 nitrogen and oxygen atoms in total. The minimum Gasteiger partial charge on any atom is -0.469 e. The van der Waals surface area contributed by atoms with E-state index in [4.69, 9.17) is 4.74 Å². The summed E-state index contributed by atoms with van der Waals surface area (Å²) in [5.41, 5.74) is -0.178. The molecular formula is C12H18O2. The molecule has 14 heavy (non-hydrogen) atoms. The molecule has 3 unspecified atom stereocenters. The number of hydrogen-bond acceptors (Lipinski definition) is 2. The van der Waals surface area contributed by atoms with Gasteiger partial charge in [-0.25, -0.2) is 0 Å². The Hall–Kier alpha value is -0.790. The average Bonchev–Trinajstić information content (AvgIpc) is 2.77. The van der Waals surface area contributed by atoms with Crippen molar-refractivity contribution in [3.05, 3.63) is 12.2 Å². The highest BCUT2D eigenvalue weighted by Crippen LogP contribution is 2.55. The number of carbonyl (C=O) groups excluding carboxylic acids is 1. The number of methoxy groups -OCH3 is 1. The van der Waals surface area contributed by atoms with Gasteiger partial charge in [0, 0.05) is 0 Å². The first-order valence-electron chi connectivity index (χ1n) is 5.49.